The van der Waals surface area contributed by atoms with Crippen molar-refractivity contribution in [2.75, 3.05) is 0 Å². The molecule has 1 aromatic carbocycles. The van der Waals surface area contributed by atoms with Crippen LogP contribution in [0.5, 0.6) is 0 Å². The van der Waals surface area contributed by atoms with Crippen LogP contribution in [0.2, 0.25) is 0 Å². The number of nitrogens with one attached hydrogen (secondary N) is 1. The van der Waals surface area contributed by atoms with E-state index in [2.05, 4.69) is 5.32 Å². The minimum absolute atomic E-state index is 0.0269. The summed E-state index contributed by atoms with van der Waals surface area (Å²) < 4.78 is 39.0. The Balaban J connectivity index is 2.75. The quantitative estimate of drug-likeness (QED) is 0.775. The Morgan fingerprint density at radius 2 is 2.06 bits per heavy atom. The molecule has 1 saturated heterocycles. The third-order valence-corrected chi connectivity index (χ3v) is 3.05. The van der Waals surface area contributed by atoms with E-state index < -0.39 is 35.4 Å². The molecule has 0 saturated carbocycles. The van der Waals surface area contributed by atoms with Gasteiger partial charge in [-0.15, -0.1) is 0 Å². The second-order valence-electron chi connectivity index (χ2n) is 3.81. The first kappa shape index (κ1) is 6.18. The number of hydrogen-bond donors (Lipinski definition) is 1. The van der Waals surface area contributed by atoms with Gasteiger partial charge >= 0.3 is 0 Å². The van der Waals surface area contributed by atoms with Gasteiger partial charge in [-0.05, 0) is 18.4 Å². The summed E-state index contributed by atoms with van der Waals surface area (Å²) in [5.74, 6) is -1.00. The number of rotatable bonds is 2. The normalized spacial score (nSPS) is 29.7. The van der Waals surface area contributed by atoms with Crippen LogP contribution >= 0.6 is 0 Å². The zero-order valence-electron chi connectivity index (χ0n) is 13.9. The standard InChI is InChI=1S/C13H15NO2/c1-2-13(10-6-4-3-5-7-10)9-8-11(15)14-12(13)16/h3-7H,2,8-9H2,1H3,(H,14,15,16)/i3D,4D,5D,6D,7D. The van der Waals surface area contributed by atoms with E-state index in [0.29, 0.717) is 0 Å². The van der Waals surface area contributed by atoms with Crippen LogP contribution in [0, 0.1) is 0 Å². The van der Waals surface area contributed by atoms with E-state index in [1.807, 2.05) is 0 Å². The van der Waals surface area contributed by atoms with Crippen molar-refractivity contribution in [3.8, 4) is 0 Å². The Labute approximate surface area is 102 Å². The topological polar surface area (TPSA) is 46.2 Å². The summed E-state index contributed by atoms with van der Waals surface area (Å²) in [5.41, 5.74) is -1.29. The lowest BCUT2D eigenvalue weighted by Gasteiger charge is -2.34. The molecule has 1 fully saturated rings. The summed E-state index contributed by atoms with van der Waals surface area (Å²) in [6, 6.07) is -2.20. The molecule has 0 aromatic heterocycles. The van der Waals surface area contributed by atoms with E-state index in [1.54, 1.807) is 6.92 Å². The Kier molecular flexibility index (Phi) is 1.58. The van der Waals surface area contributed by atoms with Gasteiger partial charge in [0.2, 0.25) is 11.8 Å². The second-order valence-corrected chi connectivity index (χ2v) is 3.81. The van der Waals surface area contributed by atoms with Crippen molar-refractivity contribution in [3.05, 3.63) is 35.8 Å². The number of hydrogen-bond acceptors (Lipinski definition) is 2. The van der Waals surface area contributed by atoms with E-state index >= 15 is 0 Å². The van der Waals surface area contributed by atoms with Crippen molar-refractivity contribution in [2.45, 2.75) is 31.6 Å². The third kappa shape index (κ3) is 1.62. The monoisotopic (exact) mass is 222 g/mol. The molecule has 84 valence electrons. The highest BCUT2D eigenvalue weighted by atomic mass is 16.2. The molecular weight excluding hydrogens is 202 g/mol. The lowest BCUT2D eigenvalue weighted by Crippen LogP contribution is -2.51. The lowest BCUT2D eigenvalue weighted by atomic mass is 9.72. The highest BCUT2D eigenvalue weighted by molar-refractivity contribution is 6.03. The van der Waals surface area contributed by atoms with E-state index in [0.717, 1.165) is 0 Å². The maximum absolute atomic E-state index is 12.3. The fourth-order valence-electron chi connectivity index (χ4n) is 1.99. The Morgan fingerprint density at radius 1 is 1.38 bits per heavy atom. The molecule has 1 atom stereocenters. The van der Waals surface area contributed by atoms with E-state index in [4.69, 9.17) is 6.85 Å². The molecule has 0 bridgehead atoms. The molecule has 0 spiro atoms. The average molecular weight is 222 g/mol. The van der Waals surface area contributed by atoms with Crippen LogP contribution in [0.25, 0.3) is 0 Å². The predicted octanol–water partition coefficient (Wildman–Crippen LogP) is 1.77. The van der Waals surface area contributed by atoms with Gasteiger partial charge in [0.1, 0.15) is 0 Å². The van der Waals surface area contributed by atoms with Crippen molar-refractivity contribution in [1.29, 1.82) is 0 Å². The van der Waals surface area contributed by atoms with Crippen molar-refractivity contribution >= 4 is 11.8 Å². The van der Waals surface area contributed by atoms with E-state index in [9.17, 15) is 9.59 Å². The van der Waals surface area contributed by atoms with Gasteiger partial charge in [-0.2, -0.15) is 0 Å². The zero-order chi connectivity index (χ0) is 15.9. The van der Waals surface area contributed by atoms with Crippen molar-refractivity contribution < 1.29 is 16.4 Å². The summed E-state index contributed by atoms with van der Waals surface area (Å²) in [7, 11) is 0. The first-order valence-corrected chi connectivity index (χ1v) is 5.18. The van der Waals surface area contributed by atoms with Gasteiger partial charge in [0.15, 0.2) is 0 Å². The molecule has 2 rings (SSSR count). The van der Waals surface area contributed by atoms with Crippen LogP contribution in [0.15, 0.2) is 30.2 Å². The molecule has 0 aliphatic carbocycles. The van der Waals surface area contributed by atoms with Gasteiger partial charge < -0.3 is 0 Å². The molecule has 16 heavy (non-hydrogen) atoms. The number of carbonyl (C=O) groups excluding carboxylic acids is 2. The smallest absolute Gasteiger partial charge is 0.237 e. The average Bonchev–Trinajstić information content (AvgIpc) is 2.45. The van der Waals surface area contributed by atoms with Gasteiger partial charge in [-0.25, -0.2) is 0 Å². The van der Waals surface area contributed by atoms with Crippen LogP contribution in [0.1, 0.15) is 38.6 Å². The number of carbonyl (C=O) groups is 2. The molecule has 1 aromatic rings. The molecule has 1 heterocycles. The lowest BCUT2D eigenvalue weighted by molar-refractivity contribution is -0.138. The minimum Gasteiger partial charge on any atom is -0.296 e. The van der Waals surface area contributed by atoms with Crippen LogP contribution in [0.4, 0.5) is 0 Å². The third-order valence-electron chi connectivity index (χ3n) is 3.05. The summed E-state index contributed by atoms with van der Waals surface area (Å²) in [6.45, 7) is 1.70. The fraction of sp³-hybridized carbons (Fsp3) is 0.385. The minimum atomic E-state index is -1.26. The first-order chi connectivity index (χ1) is 9.76. The van der Waals surface area contributed by atoms with Crippen LogP contribution in [0.3, 0.4) is 0 Å². The maximum Gasteiger partial charge on any atom is 0.237 e. The number of piperidine rings is 1. The van der Waals surface area contributed by atoms with E-state index in [-0.39, 0.29) is 36.9 Å². The number of benzene rings is 1. The van der Waals surface area contributed by atoms with Crippen LogP contribution < -0.4 is 5.32 Å². The predicted molar refractivity (Wildman–Crippen MR) is 60.8 cm³/mol. The van der Waals surface area contributed by atoms with Crippen LogP contribution in [-0.2, 0) is 15.0 Å². The molecule has 1 aliphatic heterocycles. The molecule has 2 amide bonds. The SMILES string of the molecule is [2H]c1c([2H])c([2H])c(C2(CC)CCC(=O)NC2=O)c([2H])c1[2H]. The van der Waals surface area contributed by atoms with E-state index in [1.165, 1.54) is 0 Å². The molecule has 3 heteroatoms. The van der Waals surface area contributed by atoms with Crippen molar-refractivity contribution in [3.63, 3.8) is 0 Å². The largest absolute Gasteiger partial charge is 0.296 e. The molecule has 3 nitrogen and oxygen atoms in total. The summed E-state index contributed by atoms with van der Waals surface area (Å²) in [6.07, 6.45) is 0.476. The molecule has 0 radical (unpaired) electrons. The highest BCUT2D eigenvalue weighted by Crippen LogP contribution is 2.35. The van der Waals surface area contributed by atoms with Crippen LogP contribution in [-0.4, -0.2) is 11.8 Å². The summed E-state index contributed by atoms with van der Waals surface area (Å²) in [5, 5.41) is 2.21. The van der Waals surface area contributed by atoms with Gasteiger partial charge in [-0.1, -0.05) is 37.1 Å². The van der Waals surface area contributed by atoms with Gasteiger partial charge in [0.25, 0.3) is 0 Å². The number of imide groups is 1. The Bertz CT molecular complexity index is 617. The Hall–Kier alpha value is -1.64. The highest BCUT2D eigenvalue weighted by Gasteiger charge is 2.42. The van der Waals surface area contributed by atoms with Gasteiger partial charge in [-0.3, -0.25) is 14.9 Å². The molecule has 1 unspecified atom stereocenters. The summed E-state index contributed by atoms with van der Waals surface area (Å²) in [4.78, 5) is 23.6. The van der Waals surface area contributed by atoms with Crippen molar-refractivity contribution in [2.24, 2.45) is 0 Å². The second kappa shape index (κ2) is 4.08. The molecule has 1 aliphatic rings. The zero-order valence-corrected chi connectivity index (χ0v) is 8.94. The summed E-state index contributed by atoms with van der Waals surface area (Å²) >= 11 is 0. The molecule has 1 N–H and O–H groups in total. The Morgan fingerprint density at radius 3 is 2.62 bits per heavy atom. The first-order valence-electron chi connectivity index (χ1n) is 7.68. The maximum atomic E-state index is 12.3. The van der Waals surface area contributed by atoms with Gasteiger partial charge in [0, 0.05) is 6.42 Å². The van der Waals surface area contributed by atoms with Gasteiger partial charge in [0.05, 0.1) is 12.3 Å². The fourth-order valence-corrected chi connectivity index (χ4v) is 1.99. The number of amides is 2. The molecular formula is C13H15NO2. The van der Waals surface area contributed by atoms with Crippen molar-refractivity contribution in [1.82, 2.24) is 5.32 Å².